The van der Waals surface area contributed by atoms with Crippen molar-refractivity contribution in [3.63, 3.8) is 0 Å². The summed E-state index contributed by atoms with van der Waals surface area (Å²) in [5, 5.41) is 0. The first-order valence-corrected chi connectivity index (χ1v) is 6.95. The van der Waals surface area contributed by atoms with Gasteiger partial charge in [-0.3, -0.25) is 9.59 Å². The van der Waals surface area contributed by atoms with Gasteiger partial charge in [-0.05, 0) is 0 Å². The molecule has 0 saturated heterocycles. The summed E-state index contributed by atoms with van der Waals surface area (Å²) in [5.74, 6) is -1.09. The van der Waals surface area contributed by atoms with E-state index in [1.807, 2.05) is 0 Å². The lowest BCUT2D eigenvalue weighted by Gasteiger charge is -2.19. The van der Waals surface area contributed by atoms with E-state index in [0.29, 0.717) is 5.56 Å². The zero-order valence-corrected chi connectivity index (χ0v) is 12.0. The topological polar surface area (TPSA) is 72.8 Å². The van der Waals surface area contributed by atoms with Crippen LogP contribution in [0.15, 0.2) is 42.5 Å². The van der Waals surface area contributed by atoms with Gasteiger partial charge in [-0.25, -0.2) is 0 Å². The van der Waals surface area contributed by atoms with Gasteiger partial charge in [0, 0.05) is 27.8 Å². The highest BCUT2D eigenvalue weighted by Crippen LogP contribution is 2.33. The lowest BCUT2D eigenvalue weighted by molar-refractivity contribution is 0.0979. The summed E-state index contributed by atoms with van der Waals surface area (Å²) < 4.78 is 26.6. The van der Waals surface area contributed by atoms with Gasteiger partial charge in [-0.2, -0.15) is 23.7 Å². The highest BCUT2D eigenvalue weighted by atomic mass is 19.1. The maximum Gasteiger partial charge on any atom is 0.314 e. The Morgan fingerprint density at radius 3 is 1.83 bits per heavy atom. The van der Waals surface area contributed by atoms with E-state index in [1.165, 1.54) is 24.3 Å². The van der Waals surface area contributed by atoms with Gasteiger partial charge in [-0.1, -0.05) is 42.5 Å². The molecule has 0 amide bonds. The number of halogens is 2. The maximum absolute atomic E-state index is 13.3. The SMILES string of the molecule is O=C1c2ccccc2C(=O)c2c1cccc2-c1nc(F)nc(F)n1. The van der Waals surface area contributed by atoms with Gasteiger partial charge in [-0.15, -0.1) is 0 Å². The molecule has 0 fully saturated rings. The summed E-state index contributed by atoms with van der Waals surface area (Å²) in [4.78, 5) is 35.1. The molecule has 0 atom stereocenters. The van der Waals surface area contributed by atoms with E-state index in [2.05, 4.69) is 15.0 Å². The summed E-state index contributed by atoms with van der Waals surface area (Å²) in [6.45, 7) is 0. The van der Waals surface area contributed by atoms with Crippen LogP contribution in [0.5, 0.6) is 0 Å². The van der Waals surface area contributed by atoms with E-state index in [1.54, 1.807) is 18.2 Å². The van der Waals surface area contributed by atoms with Gasteiger partial charge in [0.15, 0.2) is 17.4 Å². The molecule has 24 heavy (non-hydrogen) atoms. The van der Waals surface area contributed by atoms with Crippen LogP contribution in [-0.4, -0.2) is 26.5 Å². The fraction of sp³-hybridized carbons (Fsp3) is 0. The van der Waals surface area contributed by atoms with Crippen LogP contribution in [0.2, 0.25) is 0 Å². The second kappa shape index (κ2) is 5.09. The second-order valence-electron chi connectivity index (χ2n) is 5.13. The Hall–Kier alpha value is -3.35. The Balaban J connectivity index is 2.01. The maximum atomic E-state index is 13.3. The Kier molecular flexibility index (Phi) is 3.02. The minimum atomic E-state index is -1.30. The number of carbonyl (C=O) groups excluding carboxylic acids is 2. The van der Waals surface area contributed by atoms with E-state index in [-0.39, 0.29) is 33.9 Å². The summed E-state index contributed by atoms with van der Waals surface area (Å²) >= 11 is 0. The van der Waals surface area contributed by atoms with Crippen molar-refractivity contribution < 1.29 is 18.4 Å². The normalized spacial score (nSPS) is 12.8. The van der Waals surface area contributed by atoms with Gasteiger partial charge in [0.2, 0.25) is 0 Å². The van der Waals surface area contributed by atoms with Gasteiger partial charge >= 0.3 is 12.2 Å². The van der Waals surface area contributed by atoms with E-state index >= 15 is 0 Å². The Morgan fingerprint density at radius 1 is 0.625 bits per heavy atom. The Bertz CT molecular complexity index is 1010. The number of carbonyl (C=O) groups is 2. The molecule has 1 aliphatic carbocycles. The monoisotopic (exact) mass is 323 g/mol. The van der Waals surface area contributed by atoms with Crippen molar-refractivity contribution in [1.29, 1.82) is 0 Å². The van der Waals surface area contributed by atoms with E-state index in [9.17, 15) is 18.4 Å². The molecule has 1 aliphatic rings. The van der Waals surface area contributed by atoms with Crippen molar-refractivity contribution in [2.45, 2.75) is 0 Å². The molecule has 4 rings (SSSR count). The van der Waals surface area contributed by atoms with E-state index in [4.69, 9.17) is 0 Å². The first-order chi connectivity index (χ1) is 11.6. The molecule has 1 aromatic heterocycles. The molecule has 0 aliphatic heterocycles. The standard InChI is InChI=1S/C17H7F2N3O2/c18-16-20-15(21-17(19)22-16)11-7-3-6-10-12(11)14(24)9-5-2-1-4-8(9)13(10)23/h1-7H. The van der Waals surface area contributed by atoms with Crippen LogP contribution in [0.25, 0.3) is 11.4 Å². The average molecular weight is 323 g/mol. The largest absolute Gasteiger partial charge is 0.314 e. The first kappa shape index (κ1) is 14.3. The molecular formula is C17H7F2N3O2. The highest BCUT2D eigenvalue weighted by molar-refractivity contribution is 6.30. The third-order valence-electron chi connectivity index (χ3n) is 3.77. The van der Waals surface area contributed by atoms with Gasteiger partial charge in [0.25, 0.3) is 0 Å². The quantitative estimate of drug-likeness (QED) is 0.538. The van der Waals surface area contributed by atoms with Crippen molar-refractivity contribution in [3.8, 4) is 11.4 Å². The molecule has 1 heterocycles. The molecule has 0 radical (unpaired) electrons. The van der Waals surface area contributed by atoms with Crippen molar-refractivity contribution in [2.75, 3.05) is 0 Å². The number of nitrogens with zero attached hydrogens (tertiary/aromatic N) is 3. The molecule has 7 heteroatoms. The smallest absolute Gasteiger partial charge is 0.289 e. The molecule has 2 aromatic carbocycles. The summed E-state index contributed by atoms with van der Waals surface area (Å²) in [6.07, 6.45) is -2.60. The lowest BCUT2D eigenvalue weighted by atomic mass is 9.82. The molecule has 116 valence electrons. The fourth-order valence-corrected chi connectivity index (χ4v) is 2.78. The summed E-state index contributed by atoms with van der Waals surface area (Å²) in [6, 6.07) is 10.8. The van der Waals surface area contributed by atoms with Crippen LogP contribution in [0.1, 0.15) is 31.8 Å². The number of ketones is 2. The van der Waals surface area contributed by atoms with Crippen LogP contribution in [0, 0.1) is 12.2 Å². The number of fused-ring (bicyclic) bond motifs is 2. The molecule has 0 saturated carbocycles. The predicted molar refractivity (Wildman–Crippen MR) is 78.5 cm³/mol. The van der Waals surface area contributed by atoms with Crippen molar-refractivity contribution >= 4 is 11.6 Å². The average Bonchev–Trinajstić information content (AvgIpc) is 2.58. The van der Waals surface area contributed by atoms with Crippen molar-refractivity contribution in [3.05, 3.63) is 76.9 Å². The van der Waals surface area contributed by atoms with Gasteiger partial charge < -0.3 is 0 Å². The van der Waals surface area contributed by atoms with E-state index < -0.39 is 17.9 Å². The third kappa shape index (κ3) is 2.02. The zero-order chi connectivity index (χ0) is 16.8. The first-order valence-electron chi connectivity index (χ1n) is 6.95. The third-order valence-corrected chi connectivity index (χ3v) is 3.77. The molecule has 0 unspecified atom stereocenters. The van der Waals surface area contributed by atoms with Crippen LogP contribution in [0.3, 0.4) is 0 Å². The van der Waals surface area contributed by atoms with E-state index in [0.717, 1.165) is 0 Å². The number of rotatable bonds is 1. The highest BCUT2D eigenvalue weighted by Gasteiger charge is 2.32. The number of hydrogen-bond donors (Lipinski definition) is 0. The van der Waals surface area contributed by atoms with Crippen LogP contribution in [-0.2, 0) is 0 Å². The summed E-state index contributed by atoms with van der Waals surface area (Å²) in [7, 11) is 0. The zero-order valence-electron chi connectivity index (χ0n) is 12.0. The molecule has 5 nitrogen and oxygen atoms in total. The second-order valence-corrected chi connectivity index (χ2v) is 5.13. The fourth-order valence-electron chi connectivity index (χ4n) is 2.78. The number of aromatic nitrogens is 3. The molecule has 0 bridgehead atoms. The Labute approximate surface area is 134 Å². The van der Waals surface area contributed by atoms with Crippen LogP contribution < -0.4 is 0 Å². The molecule has 3 aromatic rings. The molecule has 0 spiro atoms. The molecular weight excluding hydrogens is 316 g/mol. The van der Waals surface area contributed by atoms with Crippen molar-refractivity contribution in [2.24, 2.45) is 0 Å². The van der Waals surface area contributed by atoms with Gasteiger partial charge in [0.1, 0.15) is 0 Å². The lowest BCUT2D eigenvalue weighted by Crippen LogP contribution is -2.22. The Morgan fingerprint density at radius 2 is 1.17 bits per heavy atom. The predicted octanol–water partition coefficient (Wildman–Crippen LogP) is 2.59. The van der Waals surface area contributed by atoms with Gasteiger partial charge in [0.05, 0.1) is 0 Å². The van der Waals surface area contributed by atoms with Crippen LogP contribution in [0.4, 0.5) is 8.78 Å². The molecule has 0 N–H and O–H groups in total. The minimum absolute atomic E-state index is 0.0335. The van der Waals surface area contributed by atoms with Crippen molar-refractivity contribution in [1.82, 2.24) is 15.0 Å². The number of benzene rings is 2. The van der Waals surface area contributed by atoms with Crippen LogP contribution >= 0.6 is 0 Å². The summed E-state index contributed by atoms with van der Waals surface area (Å²) in [5.41, 5.74) is 0.793. The minimum Gasteiger partial charge on any atom is -0.289 e. The number of hydrogen-bond acceptors (Lipinski definition) is 5.